The van der Waals surface area contributed by atoms with Crippen molar-refractivity contribution in [3.05, 3.63) is 24.1 Å². The predicted octanol–water partition coefficient (Wildman–Crippen LogP) is 3.88. The van der Waals surface area contributed by atoms with Gasteiger partial charge in [-0.2, -0.15) is 4.98 Å². The molecule has 1 heterocycles. The molecule has 5 nitrogen and oxygen atoms in total. The van der Waals surface area contributed by atoms with Crippen LogP contribution in [0.4, 0.5) is 0 Å². The highest BCUT2D eigenvalue weighted by Crippen LogP contribution is 2.32. The van der Waals surface area contributed by atoms with Crippen LogP contribution in [0.1, 0.15) is 38.0 Å². The number of ether oxygens (including phenoxy) is 2. The molecule has 2 aromatic rings. The maximum absolute atomic E-state index is 5.42. The largest absolute Gasteiger partial charge is 0.493 e. The van der Waals surface area contributed by atoms with Crippen molar-refractivity contribution in [1.82, 2.24) is 10.1 Å². The molecule has 118 valence electrons. The SMILES string of the molecule is COc1ccc(-c2noc(CC3CCCCC3)n2)cc1OC. The van der Waals surface area contributed by atoms with Crippen molar-refractivity contribution in [2.45, 2.75) is 38.5 Å². The highest BCUT2D eigenvalue weighted by molar-refractivity contribution is 5.60. The fraction of sp³-hybridized carbons (Fsp3) is 0.529. The van der Waals surface area contributed by atoms with Gasteiger partial charge < -0.3 is 14.0 Å². The van der Waals surface area contributed by atoms with Crippen molar-refractivity contribution < 1.29 is 14.0 Å². The minimum atomic E-state index is 0.603. The van der Waals surface area contributed by atoms with E-state index in [1.807, 2.05) is 18.2 Å². The normalized spacial score (nSPS) is 15.7. The van der Waals surface area contributed by atoms with Gasteiger partial charge in [-0.05, 0) is 37.0 Å². The Hall–Kier alpha value is -2.04. The average Bonchev–Trinajstić information content (AvgIpc) is 3.03. The Morgan fingerprint density at radius 1 is 1.09 bits per heavy atom. The van der Waals surface area contributed by atoms with E-state index in [2.05, 4.69) is 10.1 Å². The van der Waals surface area contributed by atoms with E-state index in [9.17, 15) is 0 Å². The Morgan fingerprint density at radius 3 is 2.59 bits per heavy atom. The second kappa shape index (κ2) is 6.81. The second-order valence-corrected chi connectivity index (χ2v) is 5.79. The molecule has 0 bridgehead atoms. The summed E-state index contributed by atoms with van der Waals surface area (Å²) in [4.78, 5) is 4.53. The molecule has 0 atom stereocenters. The molecule has 1 saturated carbocycles. The first-order chi connectivity index (χ1) is 10.8. The summed E-state index contributed by atoms with van der Waals surface area (Å²) in [6.45, 7) is 0. The van der Waals surface area contributed by atoms with Crippen molar-refractivity contribution in [3.8, 4) is 22.9 Å². The maximum atomic E-state index is 5.42. The lowest BCUT2D eigenvalue weighted by Crippen LogP contribution is -2.09. The third-order valence-electron chi connectivity index (χ3n) is 4.30. The van der Waals surface area contributed by atoms with E-state index in [1.54, 1.807) is 14.2 Å². The molecule has 22 heavy (non-hydrogen) atoms. The lowest BCUT2D eigenvalue weighted by molar-refractivity contribution is 0.305. The minimum Gasteiger partial charge on any atom is -0.493 e. The molecule has 5 heteroatoms. The molecular formula is C17H22N2O3. The Morgan fingerprint density at radius 2 is 1.86 bits per heavy atom. The number of rotatable bonds is 5. The third kappa shape index (κ3) is 3.24. The van der Waals surface area contributed by atoms with Gasteiger partial charge in [0.05, 0.1) is 14.2 Å². The number of hydrogen-bond donors (Lipinski definition) is 0. The Labute approximate surface area is 130 Å². The van der Waals surface area contributed by atoms with E-state index < -0.39 is 0 Å². The van der Waals surface area contributed by atoms with Gasteiger partial charge in [-0.3, -0.25) is 0 Å². The molecule has 0 unspecified atom stereocenters. The minimum absolute atomic E-state index is 0.603. The zero-order valence-electron chi connectivity index (χ0n) is 13.2. The predicted molar refractivity (Wildman–Crippen MR) is 83.1 cm³/mol. The molecule has 3 rings (SSSR count). The first kappa shape index (κ1) is 14.9. The van der Waals surface area contributed by atoms with Gasteiger partial charge >= 0.3 is 0 Å². The Kier molecular flexibility index (Phi) is 4.61. The van der Waals surface area contributed by atoms with Gasteiger partial charge in [0, 0.05) is 12.0 Å². The van der Waals surface area contributed by atoms with E-state index in [4.69, 9.17) is 14.0 Å². The van der Waals surface area contributed by atoms with Crippen molar-refractivity contribution in [3.63, 3.8) is 0 Å². The molecule has 0 spiro atoms. The van der Waals surface area contributed by atoms with Crippen LogP contribution in [-0.2, 0) is 6.42 Å². The average molecular weight is 302 g/mol. The molecular weight excluding hydrogens is 280 g/mol. The molecule has 0 aliphatic heterocycles. The summed E-state index contributed by atoms with van der Waals surface area (Å²) in [6.07, 6.45) is 7.43. The van der Waals surface area contributed by atoms with Crippen LogP contribution in [0.2, 0.25) is 0 Å². The molecule has 0 saturated heterocycles. The number of methoxy groups -OCH3 is 2. The highest BCUT2D eigenvalue weighted by Gasteiger charge is 2.18. The van der Waals surface area contributed by atoms with Crippen LogP contribution in [0, 0.1) is 5.92 Å². The van der Waals surface area contributed by atoms with Crippen LogP contribution >= 0.6 is 0 Å². The van der Waals surface area contributed by atoms with Crippen LogP contribution in [0.3, 0.4) is 0 Å². The first-order valence-corrected chi connectivity index (χ1v) is 7.85. The summed E-state index contributed by atoms with van der Waals surface area (Å²) in [5, 5.41) is 4.10. The summed E-state index contributed by atoms with van der Waals surface area (Å²) in [5.41, 5.74) is 0.872. The van der Waals surface area contributed by atoms with Gasteiger partial charge in [-0.25, -0.2) is 0 Å². The molecule has 1 aromatic carbocycles. The number of aromatic nitrogens is 2. The van der Waals surface area contributed by atoms with Crippen molar-refractivity contribution in [2.75, 3.05) is 14.2 Å². The zero-order chi connectivity index (χ0) is 15.4. The van der Waals surface area contributed by atoms with Crippen LogP contribution in [0.15, 0.2) is 22.7 Å². The van der Waals surface area contributed by atoms with Gasteiger partial charge in [0.1, 0.15) is 0 Å². The van der Waals surface area contributed by atoms with Crippen molar-refractivity contribution >= 4 is 0 Å². The van der Waals surface area contributed by atoms with Crippen LogP contribution in [-0.4, -0.2) is 24.4 Å². The first-order valence-electron chi connectivity index (χ1n) is 7.85. The fourth-order valence-electron chi connectivity index (χ4n) is 3.07. The third-order valence-corrected chi connectivity index (χ3v) is 4.30. The summed E-state index contributed by atoms with van der Waals surface area (Å²) < 4.78 is 16.0. The quantitative estimate of drug-likeness (QED) is 0.839. The molecule has 1 fully saturated rings. The Bertz CT molecular complexity index is 618. The summed E-state index contributed by atoms with van der Waals surface area (Å²) in [7, 11) is 3.24. The van der Waals surface area contributed by atoms with Crippen LogP contribution in [0.25, 0.3) is 11.4 Å². The smallest absolute Gasteiger partial charge is 0.227 e. The number of hydrogen-bond acceptors (Lipinski definition) is 5. The topological polar surface area (TPSA) is 57.4 Å². The van der Waals surface area contributed by atoms with Gasteiger partial charge in [-0.1, -0.05) is 24.4 Å². The van der Waals surface area contributed by atoms with Gasteiger partial charge in [0.2, 0.25) is 11.7 Å². The second-order valence-electron chi connectivity index (χ2n) is 5.79. The lowest BCUT2D eigenvalue weighted by atomic mass is 9.87. The zero-order valence-corrected chi connectivity index (χ0v) is 13.2. The number of benzene rings is 1. The summed E-state index contributed by atoms with van der Waals surface area (Å²) >= 11 is 0. The standard InChI is InChI=1S/C17H22N2O3/c1-20-14-9-8-13(11-15(14)21-2)17-18-16(22-19-17)10-12-6-4-3-5-7-12/h8-9,11-12H,3-7,10H2,1-2H3. The molecule has 0 radical (unpaired) electrons. The van der Waals surface area contributed by atoms with Gasteiger partial charge in [0.25, 0.3) is 0 Å². The highest BCUT2D eigenvalue weighted by atomic mass is 16.5. The fourth-order valence-corrected chi connectivity index (χ4v) is 3.07. The Balaban J connectivity index is 1.75. The van der Waals surface area contributed by atoms with Crippen molar-refractivity contribution in [1.29, 1.82) is 0 Å². The number of nitrogens with zero attached hydrogens (tertiary/aromatic N) is 2. The summed E-state index contributed by atoms with van der Waals surface area (Å²) in [5.74, 6) is 3.38. The molecule has 1 aliphatic rings. The van der Waals surface area contributed by atoms with E-state index in [1.165, 1.54) is 32.1 Å². The molecule has 0 amide bonds. The lowest BCUT2D eigenvalue weighted by Gasteiger charge is -2.19. The van der Waals surface area contributed by atoms with Gasteiger partial charge in [-0.15, -0.1) is 0 Å². The van der Waals surface area contributed by atoms with E-state index in [-0.39, 0.29) is 0 Å². The van der Waals surface area contributed by atoms with E-state index >= 15 is 0 Å². The maximum Gasteiger partial charge on any atom is 0.227 e. The van der Waals surface area contributed by atoms with Gasteiger partial charge in [0.15, 0.2) is 11.5 Å². The van der Waals surface area contributed by atoms with E-state index in [0.29, 0.717) is 23.2 Å². The summed E-state index contributed by atoms with van der Waals surface area (Å²) in [6, 6.07) is 5.63. The molecule has 0 N–H and O–H groups in total. The monoisotopic (exact) mass is 302 g/mol. The van der Waals surface area contributed by atoms with Crippen molar-refractivity contribution in [2.24, 2.45) is 5.92 Å². The van der Waals surface area contributed by atoms with E-state index in [0.717, 1.165) is 17.9 Å². The molecule has 1 aliphatic carbocycles. The molecule has 1 aromatic heterocycles. The van der Waals surface area contributed by atoms with Crippen LogP contribution < -0.4 is 9.47 Å². The van der Waals surface area contributed by atoms with Crippen LogP contribution in [0.5, 0.6) is 11.5 Å².